The molecule has 0 fully saturated rings. The van der Waals surface area contributed by atoms with Gasteiger partial charge in [0.25, 0.3) is 5.91 Å². The number of hydrogen-bond acceptors (Lipinski definition) is 2. The van der Waals surface area contributed by atoms with Gasteiger partial charge < -0.3 is 10.1 Å². The number of nitrogens with one attached hydrogen (secondary N) is 1. The van der Waals surface area contributed by atoms with Crippen LogP contribution in [0.15, 0.2) is 24.3 Å². The van der Waals surface area contributed by atoms with Crippen LogP contribution in [0, 0.1) is 6.92 Å². The lowest BCUT2D eigenvalue weighted by Gasteiger charge is -2.14. The summed E-state index contributed by atoms with van der Waals surface area (Å²) in [5, 5.41) is 2.99. The number of benzene rings is 1. The molecule has 1 atom stereocenters. The Balaban J connectivity index is 1.87. The molecule has 1 rings (SSSR count). The third kappa shape index (κ3) is 14.2. The minimum atomic E-state index is -0.454. The number of rotatable bonds is 18. The standard InChI is InChI=1S/C26H45NO2/c1-4-5-6-7-8-9-10-11-12-13-14-15-16-17-22-27-26(28)24(3)29-25-20-18-23(2)19-21-25/h18-21,24H,4-17,22H2,1-3H3,(H,27,28). The van der Waals surface area contributed by atoms with Crippen molar-refractivity contribution in [2.24, 2.45) is 0 Å². The second-order valence-corrected chi connectivity index (χ2v) is 8.46. The quantitative estimate of drug-likeness (QED) is 0.260. The fraction of sp³-hybridized carbons (Fsp3) is 0.731. The van der Waals surface area contributed by atoms with Crippen molar-refractivity contribution in [1.29, 1.82) is 0 Å². The summed E-state index contributed by atoms with van der Waals surface area (Å²) >= 11 is 0. The molecular formula is C26H45NO2. The Morgan fingerprint density at radius 3 is 1.72 bits per heavy atom. The summed E-state index contributed by atoms with van der Waals surface area (Å²) < 4.78 is 5.69. The van der Waals surface area contributed by atoms with Crippen LogP contribution in [-0.4, -0.2) is 18.6 Å². The van der Waals surface area contributed by atoms with Gasteiger partial charge in [-0.3, -0.25) is 4.79 Å². The first-order valence-electron chi connectivity index (χ1n) is 12.1. The molecule has 3 heteroatoms. The highest BCUT2D eigenvalue weighted by Gasteiger charge is 2.13. The zero-order chi connectivity index (χ0) is 21.2. The molecule has 1 aromatic carbocycles. The third-order valence-electron chi connectivity index (χ3n) is 5.53. The van der Waals surface area contributed by atoms with Gasteiger partial charge in [0.15, 0.2) is 6.10 Å². The number of carbonyl (C=O) groups excluding carboxylic acids is 1. The summed E-state index contributed by atoms with van der Waals surface area (Å²) in [6.07, 6.45) is 18.5. The van der Waals surface area contributed by atoms with Crippen LogP contribution in [0.1, 0.15) is 109 Å². The van der Waals surface area contributed by atoms with Gasteiger partial charge >= 0.3 is 0 Å². The Kier molecular flexibility index (Phi) is 15.3. The molecule has 0 bridgehead atoms. The van der Waals surface area contributed by atoms with Gasteiger partial charge in [-0.05, 0) is 32.4 Å². The van der Waals surface area contributed by atoms with E-state index in [1.807, 2.05) is 31.2 Å². The highest BCUT2D eigenvalue weighted by atomic mass is 16.5. The average molecular weight is 404 g/mol. The Morgan fingerprint density at radius 1 is 0.793 bits per heavy atom. The molecular weight excluding hydrogens is 358 g/mol. The van der Waals surface area contributed by atoms with Crippen LogP contribution in [0.5, 0.6) is 5.75 Å². The lowest BCUT2D eigenvalue weighted by Crippen LogP contribution is -2.36. The molecule has 0 heterocycles. The summed E-state index contributed by atoms with van der Waals surface area (Å²) in [5.41, 5.74) is 1.19. The molecule has 3 nitrogen and oxygen atoms in total. The van der Waals surface area contributed by atoms with Gasteiger partial charge in [-0.15, -0.1) is 0 Å². The molecule has 1 amide bonds. The van der Waals surface area contributed by atoms with E-state index in [2.05, 4.69) is 12.2 Å². The van der Waals surface area contributed by atoms with E-state index in [-0.39, 0.29) is 5.91 Å². The summed E-state index contributed by atoms with van der Waals surface area (Å²) in [5.74, 6) is 0.718. The second-order valence-electron chi connectivity index (χ2n) is 8.46. The number of amides is 1. The Hall–Kier alpha value is -1.51. The van der Waals surface area contributed by atoms with Crippen molar-refractivity contribution in [3.05, 3.63) is 29.8 Å². The first-order valence-corrected chi connectivity index (χ1v) is 12.1. The average Bonchev–Trinajstić information content (AvgIpc) is 2.72. The van der Waals surface area contributed by atoms with Crippen molar-refractivity contribution >= 4 is 5.91 Å². The normalized spacial score (nSPS) is 12.0. The van der Waals surface area contributed by atoms with E-state index >= 15 is 0 Å². The van der Waals surface area contributed by atoms with E-state index in [1.54, 1.807) is 6.92 Å². The van der Waals surface area contributed by atoms with Crippen molar-refractivity contribution in [3.63, 3.8) is 0 Å². The van der Waals surface area contributed by atoms with Gasteiger partial charge in [-0.2, -0.15) is 0 Å². The zero-order valence-electron chi connectivity index (χ0n) is 19.3. The summed E-state index contributed by atoms with van der Waals surface area (Å²) in [6.45, 7) is 6.87. The van der Waals surface area contributed by atoms with Gasteiger partial charge in [-0.1, -0.05) is 108 Å². The van der Waals surface area contributed by atoms with Gasteiger partial charge in [0.05, 0.1) is 0 Å². The largest absolute Gasteiger partial charge is 0.481 e. The van der Waals surface area contributed by atoms with Crippen LogP contribution < -0.4 is 10.1 Å². The predicted octanol–water partition coefficient (Wildman–Crippen LogP) is 7.36. The maximum atomic E-state index is 12.1. The first-order chi connectivity index (χ1) is 14.1. The highest BCUT2D eigenvalue weighted by Crippen LogP contribution is 2.14. The smallest absolute Gasteiger partial charge is 0.260 e. The lowest BCUT2D eigenvalue weighted by molar-refractivity contribution is -0.127. The molecule has 0 saturated carbocycles. The van der Waals surface area contributed by atoms with Crippen LogP contribution in [0.2, 0.25) is 0 Å². The number of ether oxygens (including phenoxy) is 1. The van der Waals surface area contributed by atoms with Crippen LogP contribution in [-0.2, 0) is 4.79 Å². The summed E-state index contributed by atoms with van der Waals surface area (Å²) in [7, 11) is 0. The van der Waals surface area contributed by atoms with Crippen molar-refractivity contribution in [2.45, 2.75) is 117 Å². The van der Waals surface area contributed by atoms with Crippen molar-refractivity contribution < 1.29 is 9.53 Å². The second kappa shape index (κ2) is 17.4. The molecule has 166 valence electrons. The molecule has 29 heavy (non-hydrogen) atoms. The van der Waals surface area contributed by atoms with Crippen LogP contribution in [0.4, 0.5) is 0 Å². The predicted molar refractivity (Wildman–Crippen MR) is 125 cm³/mol. The number of hydrogen-bond donors (Lipinski definition) is 1. The van der Waals surface area contributed by atoms with E-state index in [4.69, 9.17) is 4.74 Å². The van der Waals surface area contributed by atoms with E-state index in [0.29, 0.717) is 0 Å². The third-order valence-corrected chi connectivity index (χ3v) is 5.53. The van der Waals surface area contributed by atoms with Gasteiger partial charge in [0, 0.05) is 6.54 Å². The number of carbonyl (C=O) groups is 1. The van der Waals surface area contributed by atoms with Crippen molar-refractivity contribution in [1.82, 2.24) is 5.32 Å². The fourth-order valence-electron chi connectivity index (χ4n) is 3.55. The molecule has 1 unspecified atom stereocenters. The first kappa shape index (κ1) is 25.5. The number of unbranched alkanes of at least 4 members (excludes halogenated alkanes) is 13. The van der Waals surface area contributed by atoms with Gasteiger partial charge in [0.1, 0.15) is 5.75 Å². The monoisotopic (exact) mass is 403 g/mol. The topological polar surface area (TPSA) is 38.3 Å². The molecule has 0 aliphatic rings. The molecule has 0 spiro atoms. The molecule has 0 aliphatic heterocycles. The molecule has 0 saturated heterocycles. The Morgan fingerprint density at radius 2 is 1.24 bits per heavy atom. The summed E-state index contributed by atoms with van der Waals surface area (Å²) in [4.78, 5) is 12.1. The minimum Gasteiger partial charge on any atom is -0.481 e. The van der Waals surface area contributed by atoms with E-state index in [1.165, 1.54) is 89.0 Å². The van der Waals surface area contributed by atoms with Crippen molar-refractivity contribution in [2.75, 3.05) is 6.54 Å². The lowest BCUT2D eigenvalue weighted by atomic mass is 10.0. The van der Waals surface area contributed by atoms with Crippen LogP contribution in [0.25, 0.3) is 0 Å². The highest BCUT2D eigenvalue weighted by molar-refractivity contribution is 5.80. The van der Waals surface area contributed by atoms with Crippen LogP contribution in [0.3, 0.4) is 0 Å². The molecule has 0 radical (unpaired) electrons. The van der Waals surface area contributed by atoms with Gasteiger partial charge in [0.2, 0.25) is 0 Å². The summed E-state index contributed by atoms with van der Waals surface area (Å²) in [6, 6.07) is 7.81. The van der Waals surface area contributed by atoms with E-state index in [0.717, 1.165) is 18.7 Å². The number of aryl methyl sites for hydroxylation is 1. The SMILES string of the molecule is CCCCCCCCCCCCCCCCNC(=O)C(C)Oc1ccc(C)cc1. The Bertz CT molecular complexity index is 512. The van der Waals surface area contributed by atoms with Crippen molar-refractivity contribution in [3.8, 4) is 5.75 Å². The maximum Gasteiger partial charge on any atom is 0.260 e. The van der Waals surface area contributed by atoms with E-state index < -0.39 is 6.10 Å². The zero-order valence-corrected chi connectivity index (χ0v) is 19.3. The molecule has 0 aliphatic carbocycles. The van der Waals surface area contributed by atoms with Crippen LogP contribution >= 0.6 is 0 Å². The van der Waals surface area contributed by atoms with E-state index in [9.17, 15) is 4.79 Å². The minimum absolute atomic E-state index is 0.0275. The fourth-order valence-corrected chi connectivity index (χ4v) is 3.55. The maximum absolute atomic E-state index is 12.1. The van der Waals surface area contributed by atoms with Gasteiger partial charge in [-0.25, -0.2) is 0 Å². The molecule has 1 aromatic rings. The Labute approximate surface area is 180 Å². The molecule has 1 N–H and O–H groups in total. The molecule has 0 aromatic heterocycles.